The van der Waals surface area contributed by atoms with Crippen molar-refractivity contribution in [2.75, 3.05) is 40.5 Å². The lowest BCUT2D eigenvalue weighted by molar-refractivity contribution is 0.00700. The minimum atomic E-state index is -0.712. The smallest absolute Gasteiger partial charge is 0.348 e. The molecule has 2 aromatic heterocycles. The molecule has 0 amide bonds. The number of esters is 1. The molecule has 0 radical (unpaired) electrons. The lowest BCUT2D eigenvalue weighted by Crippen LogP contribution is -2.36. The summed E-state index contributed by atoms with van der Waals surface area (Å²) in [4.78, 5) is 35.5. The number of fused-ring (bicyclic) bond motifs is 1. The van der Waals surface area contributed by atoms with E-state index < -0.39 is 12.1 Å². The first-order valence-electron chi connectivity index (χ1n) is 11.6. The highest BCUT2D eigenvalue weighted by Crippen LogP contribution is 2.29. The van der Waals surface area contributed by atoms with Gasteiger partial charge < -0.3 is 24.3 Å². The second kappa shape index (κ2) is 13.5. The number of H-pyrrole nitrogens is 1. The maximum atomic E-state index is 12.9. The number of aromatic nitrogens is 2. The topological polar surface area (TPSA) is 114 Å². The minimum Gasteiger partial charge on any atom is -0.465 e. The Labute approximate surface area is 208 Å². The summed E-state index contributed by atoms with van der Waals surface area (Å²) in [6.07, 6.45) is 0.565. The number of carbonyl (C=O) groups is 1. The summed E-state index contributed by atoms with van der Waals surface area (Å²) in [6.45, 7) is 4.40. The number of carbonyl (C=O) groups excluding carboxylic acids is 1. The lowest BCUT2D eigenvalue weighted by atomic mass is 10.1. The van der Waals surface area contributed by atoms with Crippen LogP contribution >= 0.6 is 11.3 Å². The second-order valence-electron chi connectivity index (χ2n) is 8.18. The van der Waals surface area contributed by atoms with Crippen LogP contribution < -0.4 is 5.56 Å². The van der Waals surface area contributed by atoms with Gasteiger partial charge >= 0.3 is 5.97 Å². The zero-order valence-electron chi connectivity index (χ0n) is 20.4. The first-order valence-corrected chi connectivity index (χ1v) is 12.4. The first kappa shape index (κ1) is 27.0. The van der Waals surface area contributed by atoms with E-state index in [-0.39, 0.29) is 12.2 Å². The van der Waals surface area contributed by atoms with E-state index in [9.17, 15) is 14.7 Å². The molecule has 1 atom stereocenters. The van der Waals surface area contributed by atoms with Crippen molar-refractivity contribution < 1.29 is 24.1 Å². The number of thiophene rings is 1. The average molecular weight is 504 g/mol. The first-order chi connectivity index (χ1) is 17.0. The molecule has 0 fully saturated rings. The Kier molecular flexibility index (Phi) is 10.4. The number of hydrogen-bond acceptors (Lipinski definition) is 9. The third-order valence-corrected chi connectivity index (χ3v) is 6.63. The number of aliphatic hydroxyl groups excluding tert-OH is 1. The third-order valence-electron chi connectivity index (χ3n) is 5.52. The van der Waals surface area contributed by atoms with Crippen LogP contribution in [0.25, 0.3) is 10.2 Å². The standard InChI is InChI=1S/C25H33N3O6S/c1-4-19-21-23(30)26-20(27-24(21)35-22(19)25(31)33-3)14-28(11-8-12-32-2)13-18(29)16-34-15-17-9-6-5-7-10-17/h5-7,9-10,18,29H,4,8,11-16H2,1-3H3,(H,26,27,30)/t18-/m1/s1. The zero-order chi connectivity index (χ0) is 25.2. The summed E-state index contributed by atoms with van der Waals surface area (Å²) in [5.41, 5.74) is 1.41. The molecule has 0 saturated carbocycles. The number of aromatic amines is 1. The molecule has 0 bridgehead atoms. The molecule has 3 rings (SSSR count). The van der Waals surface area contributed by atoms with Gasteiger partial charge in [-0.25, -0.2) is 9.78 Å². The molecule has 0 spiro atoms. The highest BCUT2D eigenvalue weighted by molar-refractivity contribution is 7.20. The van der Waals surface area contributed by atoms with E-state index in [1.165, 1.54) is 18.4 Å². The maximum Gasteiger partial charge on any atom is 0.348 e. The Morgan fingerprint density at radius 2 is 2.03 bits per heavy atom. The summed E-state index contributed by atoms with van der Waals surface area (Å²) in [7, 11) is 2.96. The predicted molar refractivity (Wildman–Crippen MR) is 135 cm³/mol. The number of ether oxygens (including phenoxy) is 3. The molecule has 0 aliphatic heterocycles. The van der Waals surface area contributed by atoms with Crippen LogP contribution in [-0.2, 0) is 33.8 Å². The van der Waals surface area contributed by atoms with Gasteiger partial charge in [-0.1, -0.05) is 37.3 Å². The van der Waals surface area contributed by atoms with Crippen LogP contribution in [0.4, 0.5) is 0 Å². The van der Waals surface area contributed by atoms with Gasteiger partial charge in [0.2, 0.25) is 0 Å². The molecule has 0 aliphatic carbocycles. The number of aliphatic hydroxyl groups is 1. The highest BCUT2D eigenvalue weighted by atomic mass is 32.1. The number of nitrogens with one attached hydrogen (secondary N) is 1. The third kappa shape index (κ3) is 7.42. The van der Waals surface area contributed by atoms with Crippen LogP contribution in [-0.4, -0.2) is 72.6 Å². The average Bonchev–Trinajstić information content (AvgIpc) is 3.23. The number of hydrogen-bond donors (Lipinski definition) is 2. The van der Waals surface area contributed by atoms with Crippen molar-refractivity contribution >= 4 is 27.5 Å². The van der Waals surface area contributed by atoms with E-state index in [0.29, 0.717) is 65.8 Å². The van der Waals surface area contributed by atoms with Gasteiger partial charge in [0, 0.05) is 26.8 Å². The summed E-state index contributed by atoms with van der Waals surface area (Å²) >= 11 is 1.17. The largest absolute Gasteiger partial charge is 0.465 e. The van der Waals surface area contributed by atoms with Crippen molar-refractivity contribution in [1.82, 2.24) is 14.9 Å². The molecule has 35 heavy (non-hydrogen) atoms. The molecule has 10 heteroatoms. The molecule has 2 N–H and O–H groups in total. The Bertz CT molecular complexity index is 1150. The molecule has 190 valence electrons. The molecule has 0 aliphatic rings. The van der Waals surface area contributed by atoms with Crippen LogP contribution in [0.2, 0.25) is 0 Å². The van der Waals surface area contributed by atoms with Crippen molar-refractivity contribution in [2.24, 2.45) is 0 Å². The zero-order valence-corrected chi connectivity index (χ0v) is 21.2. The number of aryl methyl sites for hydroxylation is 1. The molecular formula is C25H33N3O6S. The summed E-state index contributed by atoms with van der Waals surface area (Å²) in [5.74, 6) is 0.00302. The van der Waals surface area contributed by atoms with E-state index >= 15 is 0 Å². The van der Waals surface area contributed by atoms with Crippen molar-refractivity contribution in [2.45, 2.75) is 39.0 Å². The Hall–Kier alpha value is -2.63. The Morgan fingerprint density at radius 1 is 1.26 bits per heavy atom. The van der Waals surface area contributed by atoms with Crippen molar-refractivity contribution in [3.8, 4) is 0 Å². The van der Waals surface area contributed by atoms with Gasteiger partial charge in [0.1, 0.15) is 15.5 Å². The lowest BCUT2D eigenvalue weighted by Gasteiger charge is -2.24. The van der Waals surface area contributed by atoms with Gasteiger partial charge in [-0.05, 0) is 24.0 Å². The van der Waals surface area contributed by atoms with Gasteiger partial charge in [-0.15, -0.1) is 11.3 Å². The van der Waals surface area contributed by atoms with Crippen LogP contribution in [0.1, 0.15) is 40.0 Å². The molecule has 0 saturated heterocycles. The van der Waals surface area contributed by atoms with Crippen molar-refractivity contribution in [3.63, 3.8) is 0 Å². The van der Waals surface area contributed by atoms with Gasteiger partial charge in [0.15, 0.2) is 0 Å². The SMILES string of the molecule is CCc1c(C(=O)OC)sc2nc(CN(CCCOC)C[C@@H](O)COCc3ccccc3)[nH]c(=O)c12. The second-order valence-corrected chi connectivity index (χ2v) is 9.18. The fourth-order valence-corrected chi connectivity index (χ4v) is 5.10. The van der Waals surface area contributed by atoms with E-state index in [4.69, 9.17) is 14.2 Å². The van der Waals surface area contributed by atoms with Crippen molar-refractivity contribution in [1.29, 1.82) is 0 Å². The fourth-order valence-electron chi connectivity index (χ4n) is 3.90. The normalized spacial score (nSPS) is 12.4. The van der Waals surface area contributed by atoms with Crippen LogP contribution in [0.3, 0.4) is 0 Å². The summed E-state index contributed by atoms with van der Waals surface area (Å²) in [5, 5.41) is 11.0. The van der Waals surface area contributed by atoms with Gasteiger partial charge in [0.25, 0.3) is 5.56 Å². The van der Waals surface area contributed by atoms with Crippen LogP contribution in [0.15, 0.2) is 35.1 Å². The number of rotatable bonds is 14. The maximum absolute atomic E-state index is 12.9. The quantitative estimate of drug-likeness (QED) is 0.255. The highest BCUT2D eigenvalue weighted by Gasteiger charge is 2.22. The Balaban J connectivity index is 1.72. The van der Waals surface area contributed by atoms with E-state index in [1.54, 1.807) is 7.11 Å². The fraction of sp³-hybridized carbons (Fsp3) is 0.480. The Morgan fingerprint density at radius 3 is 2.71 bits per heavy atom. The van der Waals surface area contributed by atoms with Crippen molar-refractivity contribution in [3.05, 3.63) is 62.5 Å². The number of methoxy groups -OCH3 is 2. The van der Waals surface area contributed by atoms with Gasteiger partial charge in [-0.2, -0.15) is 0 Å². The summed E-state index contributed by atoms with van der Waals surface area (Å²) in [6, 6.07) is 9.79. The van der Waals surface area contributed by atoms with Crippen LogP contribution in [0, 0.1) is 0 Å². The van der Waals surface area contributed by atoms with Gasteiger partial charge in [0.05, 0.1) is 38.4 Å². The van der Waals surface area contributed by atoms with Crippen LogP contribution in [0.5, 0.6) is 0 Å². The monoisotopic (exact) mass is 503 g/mol. The molecule has 9 nitrogen and oxygen atoms in total. The minimum absolute atomic E-state index is 0.186. The van der Waals surface area contributed by atoms with E-state index in [2.05, 4.69) is 9.97 Å². The van der Waals surface area contributed by atoms with E-state index in [0.717, 1.165) is 12.0 Å². The molecule has 0 unspecified atom stereocenters. The summed E-state index contributed by atoms with van der Waals surface area (Å²) < 4.78 is 15.7. The molecule has 1 aromatic carbocycles. The molecular weight excluding hydrogens is 470 g/mol. The number of nitrogens with zero attached hydrogens (tertiary/aromatic N) is 2. The number of benzene rings is 1. The van der Waals surface area contributed by atoms with E-state index in [1.807, 2.05) is 42.2 Å². The van der Waals surface area contributed by atoms with Gasteiger partial charge in [-0.3, -0.25) is 9.69 Å². The molecule has 2 heterocycles. The molecule has 3 aromatic rings. The predicted octanol–water partition coefficient (Wildman–Crippen LogP) is 2.75.